The van der Waals surface area contributed by atoms with Gasteiger partial charge in [-0.2, -0.15) is 0 Å². The number of benzene rings is 1. The molecule has 0 bridgehead atoms. The number of aryl methyl sites for hydroxylation is 1. The van der Waals surface area contributed by atoms with Crippen LogP contribution >= 0.6 is 0 Å². The number of amides is 1. The zero-order valence-corrected chi connectivity index (χ0v) is 12.4. The first-order valence-corrected chi connectivity index (χ1v) is 7.50. The molecule has 0 aromatic heterocycles. The van der Waals surface area contributed by atoms with E-state index in [1.807, 2.05) is 25.1 Å². The topological polar surface area (TPSA) is 67.1 Å². The minimum absolute atomic E-state index is 0.0322. The molecule has 1 aromatic rings. The number of nitrogens with one attached hydrogen (secondary N) is 2. The summed E-state index contributed by atoms with van der Waals surface area (Å²) in [4.78, 5) is 12.4. The van der Waals surface area contributed by atoms with Gasteiger partial charge in [0.2, 0.25) is 0 Å². The van der Waals surface area contributed by atoms with E-state index in [-0.39, 0.29) is 5.91 Å². The Kier molecular flexibility index (Phi) is 5.01. The highest BCUT2D eigenvalue weighted by atomic mass is 16.1. The Hall–Kier alpha value is -1.55. The van der Waals surface area contributed by atoms with Crippen molar-refractivity contribution in [2.45, 2.75) is 52.0 Å². The number of hydrogen-bond donors (Lipinski definition) is 3. The van der Waals surface area contributed by atoms with Crippen LogP contribution in [0.5, 0.6) is 0 Å². The third-order valence-electron chi connectivity index (χ3n) is 4.32. The quantitative estimate of drug-likeness (QED) is 0.451. The molecule has 1 aliphatic carbocycles. The van der Waals surface area contributed by atoms with E-state index in [1.165, 1.54) is 25.7 Å². The van der Waals surface area contributed by atoms with Gasteiger partial charge in [0.05, 0.1) is 0 Å². The second-order valence-corrected chi connectivity index (χ2v) is 5.87. The molecule has 4 nitrogen and oxygen atoms in total. The third-order valence-corrected chi connectivity index (χ3v) is 4.32. The molecule has 0 spiro atoms. The van der Waals surface area contributed by atoms with Crippen LogP contribution in [0.3, 0.4) is 0 Å². The molecule has 1 amide bonds. The van der Waals surface area contributed by atoms with Crippen LogP contribution in [0.1, 0.15) is 54.9 Å². The van der Waals surface area contributed by atoms with Crippen LogP contribution in [0.2, 0.25) is 0 Å². The van der Waals surface area contributed by atoms with Crippen molar-refractivity contribution in [3.8, 4) is 0 Å². The van der Waals surface area contributed by atoms with Crippen molar-refractivity contribution in [2.75, 3.05) is 5.43 Å². The number of carbonyl (C=O) groups excluding carboxylic acids is 1. The second kappa shape index (κ2) is 6.75. The zero-order chi connectivity index (χ0) is 14.5. The summed E-state index contributed by atoms with van der Waals surface area (Å²) in [6, 6.07) is 5.86. The maximum Gasteiger partial charge on any atom is 0.251 e. The molecule has 2 rings (SSSR count). The van der Waals surface area contributed by atoms with E-state index in [0.29, 0.717) is 12.0 Å². The standard InChI is InChI=1S/C16H25N3O/c1-11-6-4-3-5-7-15(11)18-16(20)14-9-8-13(19-17)10-12(14)2/h8-11,15,19H,3-7,17H2,1-2H3,(H,18,20). The number of rotatable bonds is 3. The highest BCUT2D eigenvalue weighted by Crippen LogP contribution is 2.23. The number of anilines is 1. The van der Waals surface area contributed by atoms with Gasteiger partial charge in [0.1, 0.15) is 0 Å². The Labute approximate surface area is 121 Å². The average molecular weight is 275 g/mol. The molecule has 1 saturated carbocycles. The summed E-state index contributed by atoms with van der Waals surface area (Å²) in [6.45, 7) is 4.18. The molecular formula is C16H25N3O. The van der Waals surface area contributed by atoms with Crippen molar-refractivity contribution in [2.24, 2.45) is 11.8 Å². The van der Waals surface area contributed by atoms with Crippen LogP contribution in [0.15, 0.2) is 18.2 Å². The minimum atomic E-state index is 0.0322. The molecule has 110 valence electrons. The smallest absolute Gasteiger partial charge is 0.251 e. The monoisotopic (exact) mass is 275 g/mol. The van der Waals surface area contributed by atoms with E-state index >= 15 is 0 Å². The highest BCUT2D eigenvalue weighted by molar-refractivity contribution is 5.96. The second-order valence-electron chi connectivity index (χ2n) is 5.87. The third kappa shape index (κ3) is 3.51. The van der Waals surface area contributed by atoms with Crippen molar-refractivity contribution in [3.63, 3.8) is 0 Å². The fraction of sp³-hybridized carbons (Fsp3) is 0.562. The van der Waals surface area contributed by atoms with Crippen molar-refractivity contribution in [3.05, 3.63) is 29.3 Å². The van der Waals surface area contributed by atoms with Gasteiger partial charge in [-0.1, -0.05) is 26.2 Å². The summed E-state index contributed by atoms with van der Waals surface area (Å²) in [6.07, 6.45) is 6.08. The number of nitrogens with two attached hydrogens (primary N) is 1. The number of hydrazine groups is 1. The van der Waals surface area contributed by atoms with Crippen molar-refractivity contribution >= 4 is 11.6 Å². The van der Waals surface area contributed by atoms with Gasteiger partial charge in [0.25, 0.3) is 5.91 Å². The highest BCUT2D eigenvalue weighted by Gasteiger charge is 2.22. The predicted octanol–water partition coefficient (Wildman–Crippen LogP) is 2.98. The van der Waals surface area contributed by atoms with Gasteiger partial charge in [0, 0.05) is 17.3 Å². The Morgan fingerprint density at radius 2 is 2.00 bits per heavy atom. The van der Waals surface area contributed by atoms with Crippen LogP contribution in [-0.2, 0) is 0 Å². The van der Waals surface area contributed by atoms with Crippen LogP contribution in [0.25, 0.3) is 0 Å². The lowest BCUT2D eigenvalue weighted by molar-refractivity contribution is 0.0921. The summed E-state index contributed by atoms with van der Waals surface area (Å²) in [5.41, 5.74) is 5.10. The van der Waals surface area contributed by atoms with Crippen LogP contribution in [0.4, 0.5) is 5.69 Å². The lowest BCUT2D eigenvalue weighted by Crippen LogP contribution is -2.39. The Bertz CT molecular complexity index is 473. The Morgan fingerprint density at radius 3 is 2.70 bits per heavy atom. The SMILES string of the molecule is Cc1cc(NN)ccc1C(=O)NC1CCCCCC1C. The van der Waals surface area contributed by atoms with Crippen LogP contribution in [0, 0.1) is 12.8 Å². The van der Waals surface area contributed by atoms with Gasteiger partial charge < -0.3 is 10.7 Å². The summed E-state index contributed by atoms with van der Waals surface area (Å²) in [5, 5.41) is 3.21. The number of hydrogen-bond acceptors (Lipinski definition) is 3. The van der Waals surface area contributed by atoms with Crippen molar-refractivity contribution in [1.29, 1.82) is 0 Å². The first kappa shape index (κ1) is 14.9. The van der Waals surface area contributed by atoms with Crippen molar-refractivity contribution < 1.29 is 4.79 Å². The fourth-order valence-corrected chi connectivity index (χ4v) is 2.96. The van der Waals surface area contributed by atoms with Crippen molar-refractivity contribution in [1.82, 2.24) is 5.32 Å². The molecule has 20 heavy (non-hydrogen) atoms. The van der Waals surface area contributed by atoms with Gasteiger partial charge in [-0.05, 0) is 49.4 Å². The summed E-state index contributed by atoms with van der Waals surface area (Å²) in [7, 11) is 0. The largest absolute Gasteiger partial charge is 0.349 e. The minimum Gasteiger partial charge on any atom is -0.349 e. The molecule has 0 heterocycles. The van der Waals surface area contributed by atoms with E-state index in [9.17, 15) is 4.79 Å². The Morgan fingerprint density at radius 1 is 1.25 bits per heavy atom. The first-order chi connectivity index (χ1) is 9.61. The Balaban J connectivity index is 2.07. The molecular weight excluding hydrogens is 250 g/mol. The van der Waals surface area contributed by atoms with Gasteiger partial charge in [0.15, 0.2) is 0 Å². The van der Waals surface area contributed by atoms with Crippen LogP contribution < -0.4 is 16.6 Å². The van der Waals surface area contributed by atoms with E-state index in [1.54, 1.807) is 0 Å². The molecule has 4 heteroatoms. The normalized spacial score (nSPS) is 22.9. The van der Waals surface area contributed by atoms with E-state index in [4.69, 9.17) is 5.84 Å². The number of nitrogen functional groups attached to an aromatic ring is 1. The van der Waals surface area contributed by atoms with Crippen LogP contribution in [-0.4, -0.2) is 11.9 Å². The van der Waals surface area contributed by atoms with Gasteiger partial charge >= 0.3 is 0 Å². The van der Waals surface area contributed by atoms with Gasteiger partial charge in [-0.25, -0.2) is 0 Å². The molecule has 2 unspecified atom stereocenters. The lowest BCUT2D eigenvalue weighted by atomic mass is 9.96. The average Bonchev–Trinajstić information content (AvgIpc) is 2.64. The van der Waals surface area contributed by atoms with Gasteiger partial charge in [-0.3, -0.25) is 10.6 Å². The summed E-state index contributed by atoms with van der Waals surface area (Å²) < 4.78 is 0. The maximum atomic E-state index is 12.4. The molecule has 0 saturated heterocycles. The first-order valence-electron chi connectivity index (χ1n) is 7.50. The molecule has 0 radical (unpaired) electrons. The summed E-state index contributed by atoms with van der Waals surface area (Å²) >= 11 is 0. The predicted molar refractivity (Wildman–Crippen MR) is 82.5 cm³/mol. The van der Waals surface area contributed by atoms with E-state index in [0.717, 1.165) is 23.2 Å². The molecule has 1 aliphatic rings. The molecule has 0 aliphatic heterocycles. The maximum absolute atomic E-state index is 12.4. The van der Waals surface area contributed by atoms with E-state index in [2.05, 4.69) is 17.7 Å². The zero-order valence-electron chi connectivity index (χ0n) is 12.4. The van der Waals surface area contributed by atoms with E-state index < -0.39 is 0 Å². The molecule has 2 atom stereocenters. The number of carbonyl (C=O) groups is 1. The van der Waals surface area contributed by atoms with Gasteiger partial charge in [-0.15, -0.1) is 0 Å². The lowest BCUT2D eigenvalue weighted by Gasteiger charge is -2.23. The molecule has 1 aromatic carbocycles. The fourth-order valence-electron chi connectivity index (χ4n) is 2.96. The summed E-state index contributed by atoms with van der Waals surface area (Å²) in [5.74, 6) is 5.97. The molecule has 1 fully saturated rings. The molecule has 4 N–H and O–H groups in total.